The Morgan fingerprint density at radius 1 is 0.906 bits per heavy atom. The summed E-state index contributed by atoms with van der Waals surface area (Å²) in [5.74, 6) is -1.84. The summed E-state index contributed by atoms with van der Waals surface area (Å²) in [4.78, 5) is 43.7. The van der Waals surface area contributed by atoms with Gasteiger partial charge in [-0.25, -0.2) is 4.98 Å². The number of ether oxygens (including phenoxy) is 2. The molecular weight excluding hydrogens is 729 g/mol. The Hall–Kier alpha value is -4.83. The van der Waals surface area contributed by atoms with E-state index in [1.165, 1.54) is 7.11 Å². The number of aromatic nitrogens is 2. The van der Waals surface area contributed by atoms with Crippen LogP contribution in [0.3, 0.4) is 0 Å². The molecule has 0 bridgehead atoms. The number of aliphatic hydroxyl groups is 2. The number of benzene rings is 2. The summed E-state index contributed by atoms with van der Waals surface area (Å²) in [5.41, 5.74) is 5.13. The quantitative estimate of drug-likeness (QED) is 0.0737. The average molecular weight is 769 g/mol. The van der Waals surface area contributed by atoms with Crippen LogP contribution in [0, 0.1) is 0 Å². The molecule has 0 saturated heterocycles. The molecule has 7 N–H and O–H groups in total. The molecule has 1 aliphatic rings. The van der Waals surface area contributed by atoms with Crippen molar-refractivity contribution in [1.29, 1.82) is 0 Å². The van der Waals surface area contributed by atoms with Gasteiger partial charge in [-0.05, 0) is 53.3 Å². The SMILES string of the molecule is COc1nc(O[C@H]2CCc3c(-c4cccc(C(=O)Nc5ccc(CNC[C@H](O)CC(=O)O)cn5)c4Cl)cccc32)c(Cl)cc1CNC[C@H](O)CC(=O)O. The fourth-order valence-electron chi connectivity index (χ4n) is 6.01. The van der Waals surface area contributed by atoms with Gasteiger partial charge >= 0.3 is 11.9 Å². The Labute approximate surface area is 315 Å². The number of methoxy groups -OCH3 is 1. The van der Waals surface area contributed by atoms with Gasteiger partial charge in [0, 0.05) is 43.5 Å². The van der Waals surface area contributed by atoms with Gasteiger partial charge in [0.2, 0.25) is 11.8 Å². The second-order valence-electron chi connectivity index (χ2n) is 12.4. The summed E-state index contributed by atoms with van der Waals surface area (Å²) in [7, 11) is 1.47. The van der Waals surface area contributed by atoms with E-state index in [0.29, 0.717) is 36.3 Å². The van der Waals surface area contributed by atoms with Crippen molar-refractivity contribution >= 4 is 46.9 Å². The van der Waals surface area contributed by atoms with Crippen molar-refractivity contribution in [3.8, 4) is 22.9 Å². The number of amides is 1. The van der Waals surface area contributed by atoms with E-state index in [0.717, 1.165) is 22.3 Å². The molecule has 0 fully saturated rings. The minimum atomic E-state index is -1.09. The summed E-state index contributed by atoms with van der Waals surface area (Å²) in [6, 6.07) is 16.1. The first-order valence-electron chi connectivity index (χ1n) is 16.7. The molecule has 3 atom stereocenters. The van der Waals surface area contributed by atoms with Crippen molar-refractivity contribution in [3.63, 3.8) is 0 Å². The zero-order chi connectivity index (χ0) is 38.1. The average Bonchev–Trinajstić information content (AvgIpc) is 3.52. The van der Waals surface area contributed by atoms with Crippen LogP contribution in [0.2, 0.25) is 10.0 Å². The number of fused-ring (bicyclic) bond motifs is 1. The molecule has 1 aliphatic carbocycles. The highest BCUT2D eigenvalue weighted by Gasteiger charge is 2.29. The lowest BCUT2D eigenvalue weighted by Gasteiger charge is -2.18. The molecule has 2 aromatic heterocycles. The molecular formula is C37H39Cl2N5O9. The maximum atomic E-state index is 13.4. The van der Waals surface area contributed by atoms with Gasteiger partial charge in [-0.1, -0.05) is 59.6 Å². The Kier molecular flexibility index (Phi) is 13.6. The number of nitrogens with one attached hydrogen (secondary N) is 3. The van der Waals surface area contributed by atoms with Gasteiger partial charge in [-0.15, -0.1) is 0 Å². The van der Waals surface area contributed by atoms with E-state index in [1.54, 1.807) is 36.5 Å². The first-order valence-corrected chi connectivity index (χ1v) is 17.5. The zero-order valence-electron chi connectivity index (χ0n) is 28.6. The van der Waals surface area contributed by atoms with Crippen LogP contribution in [-0.4, -0.2) is 80.6 Å². The van der Waals surface area contributed by atoms with E-state index < -0.39 is 30.1 Å². The first kappa shape index (κ1) is 39.4. The Morgan fingerprint density at radius 3 is 2.25 bits per heavy atom. The van der Waals surface area contributed by atoms with Gasteiger partial charge in [-0.2, -0.15) is 4.98 Å². The van der Waals surface area contributed by atoms with Crippen LogP contribution in [-0.2, 0) is 29.1 Å². The fourth-order valence-corrected chi connectivity index (χ4v) is 6.54. The summed E-state index contributed by atoms with van der Waals surface area (Å²) in [6.07, 6.45) is -0.292. The molecule has 14 nitrogen and oxygen atoms in total. The molecule has 5 rings (SSSR count). The van der Waals surface area contributed by atoms with Gasteiger partial charge < -0.3 is 45.9 Å². The summed E-state index contributed by atoms with van der Waals surface area (Å²) >= 11 is 13.5. The number of hydrogen-bond donors (Lipinski definition) is 7. The normalized spacial score (nSPS) is 14.6. The molecule has 280 valence electrons. The topological polar surface area (TPSA) is 212 Å². The van der Waals surface area contributed by atoms with Crippen LogP contribution >= 0.6 is 23.2 Å². The van der Waals surface area contributed by atoms with E-state index in [4.69, 9.17) is 42.9 Å². The number of hydrogen-bond acceptors (Lipinski definition) is 11. The highest BCUT2D eigenvalue weighted by molar-refractivity contribution is 6.37. The monoisotopic (exact) mass is 767 g/mol. The number of carboxylic acids is 2. The first-order chi connectivity index (χ1) is 25.4. The lowest BCUT2D eigenvalue weighted by molar-refractivity contribution is -0.140. The number of carbonyl (C=O) groups excluding carboxylic acids is 1. The van der Waals surface area contributed by atoms with Crippen LogP contribution < -0.4 is 25.4 Å². The Balaban J connectivity index is 1.25. The lowest BCUT2D eigenvalue weighted by atomic mass is 9.95. The van der Waals surface area contributed by atoms with Crippen LogP contribution in [0.1, 0.15) is 58.0 Å². The summed E-state index contributed by atoms with van der Waals surface area (Å²) in [5, 5.41) is 46.4. The van der Waals surface area contributed by atoms with E-state index in [9.17, 15) is 24.6 Å². The van der Waals surface area contributed by atoms with Gasteiger partial charge in [0.25, 0.3) is 5.91 Å². The second-order valence-corrected chi connectivity index (χ2v) is 13.2. The van der Waals surface area contributed by atoms with Crippen molar-refractivity contribution in [1.82, 2.24) is 20.6 Å². The molecule has 2 aromatic carbocycles. The summed E-state index contributed by atoms with van der Waals surface area (Å²) in [6.45, 7) is 0.749. The molecule has 0 radical (unpaired) electrons. The third-order valence-corrected chi connectivity index (χ3v) is 9.15. The van der Waals surface area contributed by atoms with Crippen molar-refractivity contribution in [2.45, 2.75) is 57.1 Å². The number of pyridine rings is 2. The molecule has 4 aromatic rings. The van der Waals surface area contributed by atoms with Crippen molar-refractivity contribution < 1.29 is 44.3 Å². The number of rotatable bonds is 18. The number of carboxylic acid groups (broad SMARTS) is 2. The van der Waals surface area contributed by atoms with Gasteiger partial charge in [-0.3, -0.25) is 14.4 Å². The number of anilines is 1. The maximum absolute atomic E-state index is 13.4. The lowest BCUT2D eigenvalue weighted by Crippen LogP contribution is -2.28. The van der Waals surface area contributed by atoms with E-state index >= 15 is 0 Å². The number of halogens is 2. The number of aliphatic carboxylic acids is 2. The highest BCUT2D eigenvalue weighted by Crippen LogP contribution is 2.43. The van der Waals surface area contributed by atoms with Crippen molar-refractivity contribution in [2.75, 3.05) is 25.5 Å². The minimum absolute atomic E-state index is 0.0572. The fraction of sp³-hybridized carbons (Fsp3) is 0.324. The summed E-state index contributed by atoms with van der Waals surface area (Å²) < 4.78 is 11.8. The van der Waals surface area contributed by atoms with E-state index in [1.807, 2.05) is 24.3 Å². The van der Waals surface area contributed by atoms with Crippen molar-refractivity contribution in [3.05, 3.63) is 98.7 Å². The third kappa shape index (κ3) is 10.4. The van der Waals surface area contributed by atoms with Crippen molar-refractivity contribution in [2.24, 2.45) is 0 Å². The number of nitrogens with zero attached hydrogens (tertiary/aromatic N) is 2. The standard InChI is InChI=1S/C37H39Cl2N5O9/c1-52-36-21(17-41-19-23(46)14-33(49)50)12-29(38)37(44-36)53-30-10-9-25-24(4-2-5-26(25)30)27-6-3-7-28(34(27)39)35(51)43-31-11-8-20(16-42-31)15-40-18-22(45)13-32(47)48/h2-8,11-12,16,22-23,30,40-41,45-46H,9-10,13-15,17-19H2,1H3,(H,47,48)(H,49,50)(H,42,43,51)/t22-,23-,30+/m1/s1. The predicted molar refractivity (Wildman–Crippen MR) is 196 cm³/mol. The molecule has 0 aliphatic heterocycles. The molecule has 0 saturated carbocycles. The molecule has 1 amide bonds. The van der Waals surface area contributed by atoms with Crippen LogP contribution in [0.5, 0.6) is 11.8 Å². The van der Waals surface area contributed by atoms with Crippen LogP contribution in [0.15, 0.2) is 60.8 Å². The minimum Gasteiger partial charge on any atom is -0.481 e. The van der Waals surface area contributed by atoms with Crippen LogP contribution in [0.4, 0.5) is 5.82 Å². The second kappa shape index (κ2) is 18.3. The van der Waals surface area contributed by atoms with E-state index in [2.05, 4.69) is 25.9 Å². The zero-order valence-corrected chi connectivity index (χ0v) is 30.2. The molecule has 0 spiro atoms. The number of carbonyl (C=O) groups is 3. The molecule has 0 unspecified atom stereocenters. The maximum Gasteiger partial charge on any atom is 0.306 e. The molecule has 2 heterocycles. The van der Waals surface area contributed by atoms with Gasteiger partial charge in [0.15, 0.2) is 0 Å². The van der Waals surface area contributed by atoms with Gasteiger partial charge in [0.1, 0.15) is 16.9 Å². The van der Waals surface area contributed by atoms with E-state index in [-0.39, 0.29) is 65.9 Å². The predicted octanol–water partition coefficient (Wildman–Crippen LogP) is 4.63. The molecule has 16 heteroatoms. The Morgan fingerprint density at radius 2 is 1.58 bits per heavy atom. The highest BCUT2D eigenvalue weighted by atomic mass is 35.5. The molecule has 53 heavy (non-hydrogen) atoms. The Bertz CT molecular complexity index is 1950. The van der Waals surface area contributed by atoms with Gasteiger partial charge in [0.05, 0.1) is 42.7 Å². The largest absolute Gasteiger partial charge is 0.481 e. The smallest absolute Gasteiger partial charge is 0.306 e. The third-order valence-electron chi connectivity index (χ3n) is 8.47. The van der Waals surface area contributed by atoms with Crippen LogP contribution in [0.25, 0.3) is 11.1 Å². The number of aliphatic hydroxyl groups excluding tert-OH is 2.